The second-order valence-corrected chi connectivity index (χ2v) is 13.0. The van der Waals surface area contributed by atoms with Gasteiger partial charge in [-0.3, -0.25) is 4.79 Å². The van der Waals surface area contributed by atoms with Crippen molar-refractivity contribution in [2.75, 3.05) is 20.3 Å². The van der Waals surface area contributed by atoms with Gasteiger partial charge < -0.3 is 78.4 Å². The highest BCUT2D eigenvalue weighted by molar-refractivity contribution is 5.87. The minimum absolute atomic E-state index is 0.134. The number of hydrogen-bond acceptors (Lipinski definition) is 18. The highest BCUT2D eigenvalue weighted by Gasteiger charge is 2.77. The number of fused-ring (bicyclic) bond motifs is 3. The molecule has 0 unspecified atom stereocenters. The molecule has 18 nitrogen and oxygen atoms in total. The van der Waals surface area contributed by atoms with Crippen LogP contribution in [0.4, 0.5) is 0 Å². The van der Waals surface area contributed by atoms with Gasteiger partial charge in [0, 0.05) is 18.9 Å². The Hall–Kier alpha value is -3.24. The molecule has 4 fully saturated rings. The molecule has 0 spiro atoms. The molecular formula is C33H42O18. The van der Waals surface area contributed by atoms with E-state index in [4.69, 9.17) is 42.6 Å². The molecule has 0 radical (unpaired) electrons. The molecule has 1 aromatic carbocycles. The van der Waals surface area contributed by atoms with Gasteiger partial charge in [0.05, 0.1) is 44.7 Å². The maximum atomic E-state index is 12.9. The van der Waals surface area contributed by atoms with Crippen molar-refractivity contribution in [2.24, 2.45) is 11.8 Å². The van der Waals surface area contributed by atoms with E-state index in [-0.39, 0.29) is 5.75 Å². The topological polar surface area (TPSA) is 262 Å². The third kappa shape index (κ3) is 7.11. The fourth-order valence-corrected chi connectivity index (χ4v) is 7.08. The van der Waals surface area contributed by atoms with Crippen molar-refractivity contribution in [3.63, 3.8) is 0 Å². The summed E-state index contributed by atoms with van der Waals surface area (Å²) in [5, 5.41) is 73.0. The van der Waals surface area contributed by atoms with Crippen molar-refractivity contribution >= 4 is 18.0 Å². The van der Waals surface area contributed by atoms with Crippen LogP contribution in [-0.4, -0.2) is 154 Å². The Bertz CT molecular complexity index is 1480. The minimum atomic E-state index is -1.71. The number of carbonyl (C=O) groups is 2. The van der Waals surface area contributed by atoms with Crippen LogP contribution in [0.5, 0.6) is 11.5 Å². The lowest BCUT2D eigenvalue weighted by molar-refractivity contribution is -0.347. The largest absolute Gasteiger partial charge is 0.493 e. The lowest BCUT2D eigenvalue weighted by Gasteiger charge is -2.44. The smallest absolute Gasteiger partial charge is 0.331 e. The Balaban J connectivity index is 1.14. The first-order chi connectivity index (χ1) is 24.3. The van der Waals surface area contributed by atoms with Gasteiger partial charge in [-0.05, 0) is 36.8 Å². The van der Waals surface area contributed by atoms with Gasteiger partial charge in [0.15, 0.2) is 30.2 Å². The summed E-state index contributed by atoms with van der Waals surface area (Å²) in [6.07, 6.45) is -12.3. The van der Waals surface area contributed by atoms with Gasteiger partial charge >= 0.3 is 11.9 Å². The zero-order valence-corrected chi connectivity index (χ0v) is 27.7. The fourth-order valence-electron chi connectivity index (χ4n) is 7.08. The Morgan fingerprint density at radius 2 is 1.65 bits per heavy atom. The lowest BCUT2D eigenvalue weighted by atomic mass is 9.85. The van der Waals surface area contributed by atoms with Gasteiger partial charge in [-0.15, -0.1) is 0 Å². The van der Waals surface area contributed by atoms with Crippen LogP contribution in [0.15, 0.2) is 36.6 Å². The molecule has 4 heterocycles. The maximum absolute atomic E-state index is 12.9. The summed E-state index contributed by atoms with van der Waals surface area (Å²) in [6, 6.07) is 4.61. The summed E-state index contributed by atoms with van der Waals surface area (Å²) in [6.45, 7) is 1.55. The Labute approximate surface area is 291 Å². The molecule has 16 atom stereocenters. The van der Waals surface area contributed by atoms with Crippen LogP contribution >= 0.6 is 0 Å². The predicted molar refractivity (Wildman–Crippen MR) is 165 cm³/mol. The molecule has 18 heteroatoms. The standard InChI is InChI=1S/C33H42O18/c1-13-22(38)28(48-20(37)7-5-15-4-6-17(43-3)18(10-15)46-14(2)36)26(42)32(45-13)49-27-16-8-9-44-30(21(16)33(12-35)29(27)51-33)50-31-25(41)24(40)23(39)19(11-34)47-31/h4-10,13,16,19,21-32,34-35,38-42H,11-12H2,1-3H3/b7-5+/t13-,16+,19+,21+,22-,23+,24-,25+,26+,27-,28+,29-,30-,31-,32-,33+/m0/s1. The number of esters is 2. The molecule has 0 amide bonds. The van der Waals surface area contributed by atoms with E-state index in [2.05, 4.69) is 0 Å². The van der Waals surface area contributed by atoms with E-state index in [0.29, 0.717) is 11.3 Å². The van der Waals surface area contributed by atoms with E-state index in [1.165, 1.54) is 39.4 Å². The molecule has 0 bridgehead atoms. The zero-order chi connectivity index (χ0) is 36.8. The van der Waals surface area contributed by atoms with E-state index in [1.54, 1.807) is 18.2 Å². The van der Waals surface area contributed by atoms with Gasteiger partial charge in [-0.1, -0.05) is 6.07 Å². The summed E-state index contributed by atoms with van der Waals surface area (Å²) in [5.74, 6) is -2.43. The molecule has 1 aromatic rings. The summed E-state index contributed by atoms with van der Waals surface area (Å²) < 4.78 is 50.8. The number of ether oxygens (including phenoxy) is 9. The molecule has 51 heavy (non-hydrogen) atoms. The monoisotopic (exact) mass is 726 g/mol. The Morgan fingerprint density at radius 3 is 2.33 bits per heavy atom. The van der Waals surface area contributed by atoms with Crippen molar-refractivity contribution in [1.82, 2.24) is 0 Å². The SMILES string of the molecule is COc1ccc(/C=C/C(=O)O[C@@H]2[C@@H](O)[C@H](C)O[C@@H](O[C@H]3[C@@H]4C=CO[C@@H](O[C@@H]5O[C@H](CO)[C@@H](O)[C@H](O)[C@H]5O)[C@@H]4[C@@]4(CO)O[C@@H]34)[C@@H]2O)cc1OC(C)=O. The second kappa shape index (κ2) is 15.0. The molecule has 6 rings (SSSR count). The lowest BCUT2D eigenvalue weighted by Crippen LogP contribution is -2.60. The molecule has 7 N–H and O–H groups in total. The molecule has 4 aliphatic heterocycles. The van der Waals surface area contributed by atoms with E-state index in [1.807, 2.05) is 0 Å². The van der Waals surface area contributed by atoms with Crippen molar-refractivity contribution < 1.29 is 88.0 Å². The molecule has 1 aliphatic carbocycles. The van der Waals surface area contributed by atoms with E-state index < -0.39 is 122 Å². The maximum Gasteiger partial charge on any atom is 0.331 e. The molecular weight excluding hydrogens is 684 g/mol. The minimum Gasteiger partial charge on any atom is -0.493 e. The zero-order valence-electron chi connectivity index (χ0n) is 27.7. The molecule has 282 valence electrons. The van der Waals surface area contributed by atoms with Crippen molar-refractivity contribution in [1.29, 1.82) is 0 Å². The normalized spacial score (nSPS) is 42.8. The predicted octanol–water partition coefficient (Wildman–Crippen LogP) is -2.54. The summed E-state index contributed by atoms with van der Waals surface area (Å²) in [7, 11) is 1.41. The van der Waals surface area contributed by atoms with Crippen LogP contribution in [0, 0.1) is 11.8 Å². The highest BCUT2D eigenvalue weighted by atomic mass is 16.8. The molecule has 3 saturated heterocycles. The first kappa shape index (κ1) is 37.5. The third-order valence-corrected chi connectivity index (χ3v) is 9.78. The van der Waals surface area contributed by atoms with Crippen molar-refractivity contribution in [2.45, 2.75) is 99.4 Å². The summed E-state index contributed by atoms with van der Waals surface area (Å²) >= 11 is 0. The van der Waals surface area contributed by atoms with Crippen LogP contribution in [-0.2, 0) is 42.7 Å². The van der Waals surface area contributed by atoms with E-state index >= 15 is 0 Å². The number of carbonyl (C=O) groups excluding carboxylic acids is 2. The number of epoxide rings is 1. The second-order valence-electron chi connectivity index (χ2n) is 13.0. The molecule has 1 saturated carbocycles. The van der Waals surface area contributed by atoms with Crippen molar-refractivity contribution in [3.8, 4) is 11.5 Å². The quantitative estimate of drug-likeness (QED) is 0.0536. The first-order valence-corrected chi connectivity index (χ1v) is 16.3. The van der Waals surface area contributed by atoms with Crippen LogP contribution in [0.2, 0.25) is 0 Å². The van der Waals surface area contributed by atoms with Crippen LogP contribution in [0.1, 0.15) is 19.4 Å². The number of hydrogen-bond donors (Lipinski definition) is 7. The average Bonchev–Trinajstić information content (AvgIpc) is 3.78. The fraction of sp³-hybridized carbons (Fsp3) is 0.636. The molecule has 0 aromatic heterocycles. The Kier molecular flexibility index (Phi) is 11.0. The average molecular weight is 727 g/mol. The summed E-state index contributed by atoms with van der Waals surface area (Å²) in [5.41, 5.74) is -0.797. The number of aliphatic hydroxyl groups is 7. The first-order valence-electron chi connectivity index (χ1n) is 16.3. The number of rotatable bonds is 11. The van der Waals surface area contributed by atoms with E-state index in [0.717, 1.165) is 6.08 Å². The van der Waals surface area contributed by atoms with Gasteiger partial charge in [0.2, 0.25) is 6.29 Å². The van der Waals surface area contributed by atoms with Gasteiger partial charge in [-0.25, -0.2) is 4.79 Å². The highest BCUT2D eigenvalue weighted by Crippen LogP contribution is 2.61. The third-order valence-electron chi connectivity index (χ3n) is 9.78. The number of benzene rings is 1. The summed E-state index contributed by atoms with van der Waals surface area (Å²) in [4.78, 5) is 24.3. The van der Waals surface area contributed by atoms with Crippen molar-refractivity contribution in [3.05, 3.63) is 42.2 Å². The van der Waals surface area contributed by atoms with Crippen LogP contribution < -0.4 is 9.47 Å². The Morgan fingerprint density at radius 1 is 0.902 bits per heavy atom. The van der Waals surface area contributed by atoms with Gasteiger partial charge in [0.1, 0.15) is 48.3 Å². The number of aliphatic hydroxyl groups excluding tert-OH is 7. The molecule has 5 aliphatic rings. The van der Waals surface area contributed by atoms with Crippen LogP contribution in [0.3, 0.4) is 0 Å². The van der Waals surface area contributed by atoms with Gasteiger partial charge in [0.25, 0.3) is 0 Å². The number of methoxy groups -OCH3 is 1. The van der Waals surface area contributed by atoms with Crippen LogP contribution in [0.25, 0.3) is 6.08 Å². The van der Waals surface area contributed by atoms with Gasteiger partial charge in [-0.2, -0.15) is 0 Å². The van der Waals surface area contributed by atoms with E-state index in [9.17, 15) is 45.3 Å².